The summed E-state index contributed by atoms with van der Waals surface area (Å²) in [5, 5.41) is 9.77. The van der Waals surface area contributed by atoms with Gasteiger partial charge in [0.1, 0.15) is 5.75 Å². The van der Waals surface area contributed by atoms with Crippen molar-refractivity contribution in [2.75, 3.05) is 26.2 Å². The molecule has 5 nitrogen and oxygen atoms in total. The van der Waals surface area contributed by atoms with Gasteiger partial charge in [-0.3, -0.25) is 9.59 Å². The lowest BCUT2D eigenvalue weighted by atomic mass is 9.73. The van der Waals surface area contributed by atoms with Gasteiger partial charge in [0.25, 0.3) is 5.91 Å². The number of rotatable bonds is 4. The van der Waals surface area contributed by atoms with Gasteiger partial charge in [0.15, 0.2) is 0 Å². The number of halogens is 1. The summed E-state index contributed by atoms with van der Waals surface area (Å²) in [6.07, 6.45) is 4.44. The molecular formula is C21H29ClN2O3. The van der Waals surface area contributed by atoms with Crippen LogP contribution in [0.3, 0.4) is 0 Å². The van der Waals surface area contributed by atoms with E-state index in [-0.39, 0.29) is 28.0 Å². The second-order valence-electron chi connectivity index (χ2n) is 8.49. The van der Waals surface area contributed by atoms with Crippen molar-refractivity contribution in [2.45, 2.75) is 46.0 Å². The Hall–Kier alpha value is -1.75. The number of phenols is 1. The monoisotopic (exact) mass is 392 g/mol. The molecule has 0 bridgehead atoms. The summed E-state index contributed by atoms with van der Waals surface area (Å²) < 4.78 is 0. The molecule has 2 aliphatic rings. The summed E-state index contributed by atoms with van der Waals surface area (Å²) in [6.45, 7) is 7.30. The minimum absolute atomic E-state index is 0.000483. The second-order valence-corrected chi connectivity index (χ2v) is 8.90. The van der Waals surface area contributed by atoms with Gasteiger partial charge in [-0.15, -0.1) is 0 Å². The zero-order valence-corrected chi connectivity index (χ0v) is 17.0. The van der Waals surface area contributed by atoms with E-state index in [1.165, 1.54) is 12.1 Å². The van der Waals surface area contributed by atoms with Crippen molar-refractivity contribution in [2.24, 2.45) is 11.3 Å². The first-order chi connectivity index (χ1) is 12.8. The van der Waals surface area contributed by atoms with E-state index < -0.39 is 0 Å². The molecule has 2 fully saturated rings. The van der Waals surface area contributed by atoms with Gasteiger partial charge in [-0.2, -0.15) is 0 Å². The first-order valence-electron chi connectivity index (χ1n) is 9.85. The van der Waals surface area contributed by atoms with E-state index in [1.807, 2.05) is 9.80 Å². The molecule has 0 aliphatic carbocycles. The van der Waals surface area contributed by atoms with E-state index in [0.717, 1.165) is 45.3 Å². The van der Waals surface area contributed by atoms with Crippen LogP contribution in [0.1, 0.15) is 56.3 Å². The maximum Gasteiger partial charge on any atom is 0.253 e. The Bertz CT molecular complexity index is 721. The number of benzene rings is 1. The molecule has 2 heterocycles. The SMILES string of the molecule is CC(C)CCN1C[C@]2(CCCN(C(=O)c3ccc(O)c(Cl)c3)C2)CCC1=O. The van der Waals surface area contributed by atoms with Crippen LogP contribution in [-0.2, 0) is 4.79 Å². The molecule has 0 saturated carbocycles. The van der Waals surface area contributed by atoms with Gasteiger partial charge >= 0.3 is 0 Å². The maximum atomic E-state index is 13.0. The smallest absolute Gasteiger partial charge is 0.253 e. The minimum atomic E-state index is -0.0541. The topological polar surface area (TPSA) is 60.9 Å². The number of nitrogens with zero attached hydrogens (tertiary/aromatic N) is 2. The first kappa shape index (κ1) is 20.0. The fraction of sp³-hybridized carbons (Fsp3) is 0.619. The van der Waals surface area contributed by atoms with Crippen LogP contribution in [0.5, 0.6) is 5.75 Å². The van der Waals surface area contributed by atoms with E-state index in [4.69, 9.17) is 11.6 Å². The standard InChI is InChI=1S/C21H29ClN2O3/c1-15(2)7-11-23-13-21(9-6-19(23)26)8-3-10-24(14-21)20(27)16-4-5-18(25)17(22)12-16/h4-5,12,15,25H,3,6-11,13-14H2,1-2H3/t21-/m0/s1. The zero-order valence-electron chi connectivity index (χ0n) is 16.2. The largest absolute Gasteiger partial charge is 0.506 e. The van der Waals surface area contributed by atoms with Crippen LogP contribution in [0.4, 0.5) is 0 Å². The third kappa shape index (κ3) is 4.57. The van der Waals surface area contributed by atoms with Crippen molar-refractivity contribution in [3.8, 4) is 5.75 Å². The minimum Gasteiger partial charge on any atom is -0.506 e. The lowest BCUT2D eigenvalue weighted by molar-refractivity contribution is -0.139. The highest BCUT2D eigenvalue weighted by atomic mass is 35.5. The summed E-state index contributed by atoms with van der Waals surface area (Å²) in [5.41, 5.74) is 0.498. The fourth-order valence-electron chi connectivity index (χ4n) is 4.26. The van der Waals surface area contributed by atoms with Crippen LogP contribution in [0.15, 0.2) is 18.2 Å². The molecule has 2 aliphatic heterocycles. The molecule has 1 aromatic rings. The first-order valence-corrected chi connectivity index (χ1v) is 10.2. The zero-order chi connectivity index (χ0) is 19.6. The number of carbonyl (C=O) groups excluding carboxylic acids is 2. The highest BCUT2D eigenvalue weighted by molar-refractivity contribution is 6.32. The summed E-state index contributed by atoms with van der Waals surface area (Å²) in [5.74, 6) is 0.742. The number of likely N-dealkylation sites (tertiary alicyclic amines) is 2. The molecule has 1 spiro atoms. The van der Waals surface area contributed by atoms with Gasteiger partial charge in [-0.05, 0) is 49.8 Å². The highest BCUT2D eigenvalue weighted by Crippen LogP contribution is 2.39. The number of phenolic OH excluding ortho intramolecular Hbond substituents is 1. The number of hydrogen-bond acceptors (Lipinski definition) is 3. The van der Waals surface area contributed by atoms with Gasteiger partial charge < -0.3 is 14.9 Å². The Kier molecular flexibility index (Phi) is 5.99. The van der Waals surface area contributed by atoms with Crippen molar-refractivity contribution in [3.05, 3.63) is 28.8 Å². The molecule has 0 aromatic heterocycles. The summed E-state index contributed by atoms with van der Waals surface area (Å²) in [7, 11) is 0. The third-order valence-corrected chi connectivity index (χ3v) is 6.17. The van der Waals surface area contributed by atoms with Crippen LogP contribution in [0.25, 0.3) is 0 Å². The highest BCUT2D eigenvalue weighted by Gasteiger charge is 2.42. The lowest BCUT2D eigenvalue weighted by Gasteiger charge is -2.48. The molecule has 2 amide bonds. The van der Waals surface area contributed by atoms with Crippen LogP contribution in [0.2, 0.25) is 5.02 Å². The van der Waals surface area contributed by atoms with E-state index >= 15 is 0 Å². The van der Waals surface area contributed by atoms with E-state index in [2.05, 4.69) is 13.8 Å². The van der Waals surface area contributed by atoms with E-state index in [1.54, 1.807) is 6.07 Å². The quantitative estimate of drug-likeness (QED) is 0.844. The van der Waals surface area contributed by atoms with Crippen LogP contribution in [-0.4, -0.2) is 52.9 Å². The molecule has 6 heteroatoms. The molecule has 27 heavy (non-hydrogen) atoms. The molecule has 0 unspecified atom stereocenters. The molecule has 2 saturated heterocycles. The number of hydrogen-bond donors (Lipinski definition) is 1. The van der Waals surface area contributed by atoms with E-state index in [0.29, 0.717) is 24.4 Å². The Labute approximate surface area is 166 Å². The van der Waals surface area contributed by atoms with Crippen LogP contribution < -0.4 is 0 Å². The lowest BCUT2D eigenvalue weighted by Crippen LogP contribution is -2.55. The Morgan fingerprint density at radius 3 is 2.78 bits per heavy atom. The van der Waals surface area contributed by atoms with Gasteiger partial charge in [0, 0.05) is 43.6 Å². The van der Waals surface area contributed by atoms with Crippen molar-refractivity contribution in [3.63, 3.8) is 0 Å². The number of amides is 2. The third-order valence-electron chi connectivity index (χ3n) is 5.87. The predicted molar refractivity (Wildman–Crippen MR) is 106 cm³/mol. The Morgan fingerprint density at radius 1 is 1.30 bits per heavy atom. The average molecular weight is 393 g/mol. The van der Waals surface area contributed by atoms with Gasteiger partial charge in [-0.25, -0.2) is 0 Å². The molecule has 1 aromatic carbocycles. The summed E-state index contributed by atoms with van der Waals surface area (Å²) in [6, 6.07) is 4.60. The average Bonchev–Trinajstić information content (AvgIpc) is 2.64. The molecular weight excluding hydrogens is 364 g/mol. The fourth-order valence-corrected chi connectivity index (χ4v) is 4.44. The molecule has 1 atom stereocenters. The van der Waals surface area contributed by atoms with Crippen LogP contribution >= 0.6 is 11.6 Å². The van der Waals surface area contributed by atoms with Crippen LogP contribution in [0, 0.1) is 11.3 Å². The Balaban J connectivity index is 1.71. The van der Waals surface area contributed by atoms with Crippen molar-refractivity contribution >= 4 is 23.4 Å². The van der Waals surface area contributed by atoms with Crippen molar-refractivity contribution < 1.29 is 14.7 Å². The molecule has 0 radical (unpaired) electrons. The normalized spacial score (nSPS) is 23.3. The Morgan fingerprint density at radius 2 is 2.07 bits per heavy atom. The van der Waals surface area contributed by atoms with Crippen molar-refractivity contribution in [1.29, 1.82) is 0 Å². The summed E-state index contributed by atoms with van der Waals surface area (Å²) in [4.78, 5) is 29.2. The number of piperidine rings is 2. The summed E-state index contributed by atoms with van der Waals surface area (Å²) >= 11 is 5.97. The molecule has 148 valence electrons. The van der Waals surface area contributed by atoms with Gasteiger partial charge in [-0.1, -0.05) is 25.4 Å². The van der Waals surface area contributed by atoms with Gasteiger partial charge in [0.05, 0.1) is 5.02 Å². The van der Waals surface area contributed by atoms with Crippen molar-refractivity contribution in [1.82, 2.24) is 9.80 Å². The molecule has 1 N–H and O–H groups in total. The number of aromatic hydroxyl groups is 1. The maximum absolute atomic E-state index is 13.0. The molecule has 3 rings (SSSR count). The number of carbonyl (C=O) groups is 2. The second kappa shape index (κ2) is 8.09. The predicted octanol–water partition coefficient (Wildman–Crippen LogP) is 3.94. The van der Waals surface area contributed by atoms with Gasteiger partial charge in [0.2, 0.25) is 5.91 Å². The van der Waals surface area contributed by atoms with E-state index in [9.17, 15) is 14.7 Å².